The predicted molar refractivity (Wildman–Crippen MR) is 111 cm³/mol. The SMILES string of the molecule is CC(C)(C)c1ccc(CNC(=O)C2CCN(c3ccc4nnnn4n3)CC2)cc1. The Morgan fingerprint density at radius 3 is 2.52 bits per heavy atom. The summed E-state index contributed by atoms with van der Waals surface area (Å²) in [5, 5.41) is 18.9. The van der Waals surface area contributed by atoms with Crippen molar-refractivity contribution in [1.29, 1.82) is 0 Å². The van der Waals surface area contributed by atoms with Gasteiger partial charge < -0.3 is 10.2 Å². The van der Waals surface area contributed by atoms with Crippen molar-refractivity contribution in [2.45, 2.75) is 45.6 Å². The fraction of sp³-hybridized carbons (Fsp3) is 0.476. The van der Waals surface area contributed by atoms with Crippen molar-refractivity contribution in [2.24, 2.45) is 5.92 Å². The molecule has 1 aromatic carbocycles. The van der Waals surface area contributed by atoms with Crippen molar-refractivity contribution < 1.29 is 4.79 Å². The summed E-state index contributed by atoms with van der Waals surface area (Å²) in [6, 6.07) is 12.3. The summed E-state index contributed by atoms with van der Waals surface area (Å²) in [6.45, 7) is 8.75. The zero-order valence-electron chi connectivity index (χ0n) is 17.2. The lowest BCUT2D eigenvalue weighted by atomic mass is 9.87. The number of amides is 1. The molecule has 1 amide bonds. The quantitative estimate of drug-likeness (QED) is 0.732. The van der Waals surface area contributed by atoms with Crippen molar-refractivity contribution in [2.75, 3.05) is 18.0 Å². The van der Waals surface area contributed by atoms with Crippen molar-refractivity contribution in [1.82, 2.24) is 30.6 Å². The normalized spacial score (nSPS) is 15.6. The second-order valence-electron chi connectivity index (χ2n) is 8.64. The van der Waals surface area contributed by atoms with E-state index in [1.807, 2.05) is 12.1 Å². The molecule has 1 fully saturated rings. The number of aromatic nitrogens is 5. The number of nitrogens with zero attached hydrogens (tertiary/aromatic N) is 6. The molecule has 152 valence electrons. The summed E-state index contributed by atoms with van der Waals surface area (Å²) < 4.78 is 1.43. The van der Waals surface area contributed by atoms with E-state index in [0.717, 1.165) is 37.3 Å². The number of nitrogens with one attached hydrogen (secondary N) is 1. The van der Waals surface area contributed by atoms with Crippen LogP contribution in [0.15, 0.2) is 36.4 Å². The van der Waals surface area contributed by atoms with E-state index in [1.54, 1.807) is 0 Å². The molecule has 0 bridgehead atoms. The van der Waals surface area contributed by atoms with E-state index in [0.29, 0.717) is 12.2 Å². The van der Waals surface area contributed by atoms with Gasteiger partial charge in [0, 0.05) is 25.6 Å². The first-order valence-corrected chi connectivity index (χ1v) is 10.1. The van der Waals surface area contributed by atoms with E-state index >= 15 is 0 Å². The Kier molecular flexibility index (Phi) is 5.17. The van der Waals surface area contributed by atoms with Gasteiger partial charge >= 0.3 is 0 Å². The number of rotatable bonds is 4. The topological polar surface area (TPSA) is 88.3 Å². The zero-order chi connectivity index (χ0) is 20.4. The van der Waals surface area contributed by atoms with E-state index in [1.165, 1.54) is 10.2 Å². The van der Waals surface area contributed by atoms with Crippen LogP contribution in [0.3, 0.4) is 0 Å². The Hall–Kier alpha value is -3.03. The van der Waals surface area contributed by atoms with E-state index in [-0.39, 0.29) is 17.2 Å². The lowest BCUT2D eigenvalue weighted by Crippen LogP contribution is -2.40. The maximum atomic E-state index is 12.6. The number of hydrogen-bond acceptors (Lipinski definition) is 6. The first kappa shape index (κ1) is 19.3. The van der Waals surface area contributed by atoms with Crippen LogP contribution in [0.25, 0.3) is 5.65 Å². The fourth-order valence-electron chi connectivity index (χ4n) is 3.64. The Morgan fingerprint density at radius 1 is 1.10 bits per heavy atom. The highest BCUT2D eigenvalue weighted by Crippen LogP contribution is 2.23. The molecule has 8 heteroatoms. The first-order valence-electron chi connectivity index (χ1n) is 10.1. The number of carbonyl (C=O) groups excluding carboxylic acids is 1. The summed E-state index contributed by atoms with van der Waals surface area (Å²) in [6.07, 6.45) is 1.62. The molecule has 4 rings (SSSR count). The number of hydrogen-bond donors (Lipinski definition) is 1. The van der Waals surface area contributed by atoms with Crippen molar-refractivity contribution in [3.8, 4) is 0 Å². The molecular formula is C21H27N7O. The van der Waals surface area contributed by atoms with Crippen LogP contribution >= 0.6 is 0 Å². The van der Waals surface area contributed by atoms with Gasteiger partial charge in [-0.1, -0.05) is 45.0 Å². The molecule has 0 unspecified atom stereocenters. The smallest absolute Gasteiger partial charge is 0.223 e. The number of benzene rings is 1. The van der Waals surface area contributed by atoms with Gasteiger partial charge in [-0.15, -0.1) is 14.8 Å². The van der Waals surface area contributed by atoms with Crippen molar-refractivity contribution >= 4 is 17.4 Å². The summed E-state index contributed by atoms with van der Waals surface area (Å²) in [4.78, 5) is 14.8. The lowest BCUT2D eigenvalue weighted by Gasteiger charge is -2.31. The molecule has 0 radical (unpaired) electrons. The Bertz CT molecular complexity index is 982. The monoisotopic (exact) mass is 393 g/mol. The number of fused-ring (bicyclic) bond motifs is 1. The molecule has 1 aliphatic rings. The van der Waals surface area contributed by atoms with Gasteiger partial charge in [-0.2, -0.15) is 0 Å². The second-order valence-corrected chi connectivity index (χ2v) is 8.64. The number of piperidine rings is 1. The van der Waals surface area contributed by atoms with Gasteiger partial charge in [0.2, 0.25) is 5.91 Å². The second kappa shape index (κ2) is 7.77. The van der Waals surface area contributed by atoms with Crippen LogP contribution in [0, 0.1) is 5.92 Å². The molecule has 0 aliphatic carbocycles. The maximum Gasteiger partial charge on any atom is 0.223 e. The lowest BCUT2D eigenvalue weighted by molar-refractivity contribution is -0.125. The first-order chi connectivity index (χ1) is 13.9. The minimum absolute atomic E-state index is 0.0388. The van der Waals surface area contributed by atoms with Crippen LogP contribution in [0.2, 0.25) is 0 Å². The number of tetrazole rings is 1. The van der Waals surface area contributed by atoms with Crippen LogP contribution in [-0.2, 0) is 16.8 Å². The third-order valence-electron chi connectivity index (χ3n) is 5.53. The third-order valence-corrected chi connectivity index (χ3v) is 5.53. The van der Waals surface area contributed by atoms with Gasteiger partial charge in [-0.25, -0.2) is 0 Å². The summed E-state index contributed by atoms with van der Waals surface area (Å²) in [5.74, 6) is 1.01. The molecule has 3 heterocycles. The Balaban J connectivity index is 1.28. The standard InChI is InChI=1S/C21H27N7O/c1-21(2,3)17-6-4-15(5-7-17)14-22-20(29)16-10-12-27(13-11-16)19-9-8-18-23-25-26-28(18)24-19/h4-9,16H,10-14H2,1-3H3,(H,22,29). The van der Waals surface area contributed by atoms with E-state index in [9.17, 15) is 4.79 Å². The Morgan fingerprint density at radius 2 is 1.83 bits per heavy atom. The van der Waals surface area contributed by atoms with Crippen LogP contribution in [0.4, 0.5) is 5.82 Å². The van der Waals surface area contributed by atoms with Gasteiger partial charge in [0.15, 0.2) is 11.5 Å². The van der Waals surface area contributed by atoms with E-state index in [2.05, 4.69) is 75.9 Å². The van der Waals surface area contributed by atoms with Crippen LogP contribution in [0.1, 0.15) is 44.7 Å². The fourth-order valence-corrected chi connectivity index (χ4v) is 3.64. The molecule has 1 N–H and O–H groups in total. The summed E-state index contributed by atoms with van der Waals surface area (Å²) in [7, 11) is 0. The minimum Gasteiger partial charge on any atom is -0.355 e. The average Bonchev–Trinajstić information content (AvgIpc) is 3.19. The molecule has 0 atom stereocenters. The maximum absolute atomic E-state index is 12.6. The molecule has 29 heavy (non-hydrogen) atoms. The molecule has 1 saturated heterocycles. The van der Waals surface area contributed by atoms with E-state index in [4.69, 9.17) is 0 Å². The van der Waals surface area contributed by atoms with Gasteiger partial charge in [0.05, 0.1) is 0 Å². The predicted octanol–water partition coefficient (Wildman–Crippen LogP) is 2.35. The van der Waals surface area contributed by atoms with Crippen LogP contribution in [-0.4, -0.2) is 44.3 Å². The highest BCUT2D eigenvalue weighted by atomic mass is 16.1. The number of anilines is 1. The highest BCUT2D eigenvalue weighted by Gasteiger charge is 2.25. The van der Waals surface area contributed by atoms with E-state index < -0.39 is 0 Å². The third kappa shape index (κ3) is 4.36. The molecule has 1 aliphatic heterocycles. The molecule has 0 spiro atoms. The minimum atomic E-state index is 0.0388. The van der Waals surface area contributed by atoms with Crippen LogP contribution < -0.4 is 10.2 Å². The molecular weight excluding hydrogens is 366 g/mol. The molecule has 2 aromatic heterocycles. The molecule has 8 nitrogen and oxygen atoms in total. The zero-order valence-corrected chi connectivity index (χ0v) is 17.2. The number of carbonyl (C=O) groups is 1. The summed E-state index contributed by atoms with van der Waals surface area (Å²) in [5.41, 5.74) is 3.19. The van der Waals surface area contributed by atoms with Gasteiger partial charge in [0.25, 0.3) is 0 Å². The van der Waals surface area contributed by atoms with Crippen LogP contribution in [0.5, 0.6) is 0 Å². The van der Waals surface area contributed by atoms with Gasteiger partial charge in [-0.05, 0) is 51.9 Å². The average molecular weight is 393 g/mol. The molecule has 0 saturated carbocycles. The van der Waals surface area contributed by atoms with Gasteiger partial charge in [0.1, 0.15) is 0 Å². The summed E-state index contributed by atoms with van der Waals surface area (Å²) >= 11 is 0. The Labute approximate surface area is 170 Å². The van der Waals surface area contributed by atoms with Gasteiger partial charge in [-0.3, -0.25) is 4.79 Å². The van der Waals surface area contributed by atoms with Crippen molar-refractivity contribution in [3.05, 3.63) is 47.5 Å². The largest absolute Gasteiger partial charge is 0.355 e. The van der Waals surface area contributed by atoms with Crippen molar-refractivity contribution in [3.63, 3.8) is 0 Å². The molecule has 3 aromatic rings. The highest BCUT2D eigenvalue weighted by molar-refractivity contribution is 5.79.